The van der Waals surface area contributed by atoms with E-state index in [0.29, 0.717) is 13.0 Å². The molecule has 0 heterocycles. The summed E-state index contributed by atoms with van der Waals surface area (Å²) in [7, 11) is -3.07. The fraction of sp³-hybridized carbons (Fsp3) is 1.00. The molecule has 1 atom stereocenters. The van der Waals surface area contributed by atoms with Crippen molar-refractivity contribution in [2.75, 3.05) is 19.4 Å². The first-order valence-corrected chi connectivity index (χ1v) is 5.40. The molecule has 0 fully saturated rings. The first-order chi connectivity index (χ1) is 4.95. The monoisotopic (exact) mass is 181 g/mol. The molecular weight excluding hydrogens is 166 g/mol. The number of aliphatic hydroxyl groups is 1. The fourth-order valence-electron chi connectivity index (χ4n) is 0.616. The summed E-state index contributed by atoms with van der Waals surface area (Å²) >= 11 is 0. The van der Waals surface area contributed by atoms with Gasteiger partial charge < -0.3 is 5.11 Å². The Morgan fingerprint density at radius 2 is 2.09 bits per heavy atom. The average Bonchev–Trinajstić information content (AvgIpc) is 1.83. The normalized spacial score (nSPS) is 14.8. The highest BCUT2D eigenvalue weighted by molar-refractivity contribution is 7.88. The van der Waals surface area contributed by atoms with Crippen LogP contribution in [0.4, 0.5) is 0 Å². The lowest BCUT2D eigenvalue weighted by Gasteiger charge is -2.08. The highest BCUT2D eigenvalue weighted by atomic mass is 32.2. The Labute approximate surface area is 67.7 Å². The second kappa shape index (κ2) is 4.69. The van der Waals surface area contributed by atoms with Crippen molar-refractivity contribution in [1.29, 1.82) is 0 Å². The van der Waals surface area contributed by atoms with E-state index in [9.17, 15) is 8.42 Å². The number of aliphatic hydroxyl groups excluding tert-OH is 1. The second-order valence-corrected chi connectivity index (χ2v) is 4.57. The van der Waals surface area contributed by atoms with E-state index in [2.05, 4.69) is 4.72 Å². The van der Waals surface area contributed by atoms with Gasteiger partial charge in [-0.3, -0.25) is 0 Å². The van der Waals surface area contributed by atoms with Crippen LogP contribution in [-0.2, 0) is 10.0 Å². The molecule has 11 heavy (non-hydrogen) atoms. The zero-order valence-corrected chi connectivity index (χ0v) is 7.69. The minimum atomic E-state index is -3.07. The Kier molecular flexibility index (Phi) is 4.63. The molecule has 0 spiro atoms. The van der Waals surface area contributed by atoms with E-state index in [4.69, 9.17) is 5.11 Å². The van der Waals surface area contributed by atoms with Gasteiger partial charge >= 0.3 is 0 Å². The van der Waals surface area contributed by atoms with Crippen molar-refractivity contribution < 1.29 is 13.5 Å². The van der Waals surface area contributed by atoms with Gasteiger partial charge in [-0.1, -0.05) is 6.92 Å². The van der Waals surface area contributed by atoms with Gasteiger partial charge in [-0.25, -0.2) is 13.1 Å². The number of nitrogens with one attached hydrogen (secondary N) is 1. The molecule has 0 aliphatic rings. The van der Waals surface area contributed by atoms with Gasteiger partial charge in [-0.2, -0.15) is 0 Å². The van der Waals surface area contributed by atoms with Crippen LogP contribution in [0.15, 0.2) is 0 Å². The zero-order chi connectivity index (χ0) is 8.91. The third-order valence-electron chi connectivity index (χ3n) is 1.32. The van der Waals surface area contributed by atoms with Crippen LogP contribution >= 0.6 is 0 Å². The number of hydrogen-bond donors (Lipinski definition) is 2. The number of rotatable bonds is 5. The zero-order valence-electron chi connectivity index (χ0n) is 6.87. The third-order valence-corrected chi connectivity index (χ3v) is 2.01. The summed E-state index contributed by atoms with van der Waals surface area (Å²) in [5.41, 5.74) is 0. The maximum atomic E-state index is 10.6. The molecule has 68 valence electrons. The third kappa shape index (κ3) is 7.77. The van der Waals surface area contributed by atoms with Crippen LogP contribution in [0, 0.1) is 5.92 Å². The van der Waals surface area contributed by atoms with Crippen molar-refractivity contribution in [3.63, 3.8) is 0 Å². The number of sulfonamides is 1. The lowest BCUT2D eigenvalue weighted by atomic mass is 10.1. The van der Waals surface area contributed by atoms with E-state index in [1.165, 1.54) is 0 Å². The Balaban J connectivity index is 3.54. The molecule has 0 amide bonds. The summed E-state index contributed by atoms with van der Waals surface area (Å²) in [6.45, 7) is 2.39. The van der Waals surface area contributed by atoms with Gasteiger partial charge in [0.1, 0.15) is 0 Å². The lowest BCUT2D eigenvalue weighted by molar-refractivity contribution is 0.263. The van der Waals surface area contributed by atoms with Crippen LogP contribution in [0.5, 0.6) is 0 Å². The molecule has 2 N–H and O–H groups in total. The van der Waals surface area contributed by atoms with Gasteiger partial charge in [0.05, 0.1) is 6.26 Å². The summed E-state index contributed by atoms with van der Waals surface area (Å²) in [4.78, 5) is 0. The first kappa shape index (κ1) is 10.9. The van der Waals surface area contributed by atoms with Crippen molar-refractivity contribution in [3.8, 4) is 0 Å². The maximum absolute atomic E-state index is 10.6. The molecule has 4 nitrogen and oxygen atoms in total. The molecule has 0 radical (unpaired) electrons. The summed E-state index contributed by atoms with van der Waals surface area (Å²) < 4.78 is 23.5. The highest BCUT2D eigenvalue weighted by Gasteiger charge is 2.04. The average molecular weight is 181 g/mol. The number of hydrogen-bond acceptors (Lipinski definition) is 3. The second-order valence-electron chi connectivity index (χ2n) is 2.74. The van der Waals surface area contributed by atoms with Gasteiger partial charge in [0.15, 0.2) is 0 Å². The van der Waals surface area contributed by atoms with E-state index in [-0.39, 0.29) is 12.5 Å². The van der Waals surface area contributed by atoms with Crippen molar-refractivity contribution in [3.05, 3.63) is 0 Å². The summed E-state index contributed by atoms with van der Waals surface area (Å²) in [6, 6.07) is 0. The molecule has 0 aliphatic heterocycles. The Morgan fingerprint density at radius 3 is 2.45 bits per heavy atom. The topological polar surface area (TPSA) is 66.4 Å². The van der Waals surface area contributed by atoms with Crippen molar-refractivity contribution in [2.24, 2.45) is 5.92 Å². The van der Waals surface area contributed by atoms with Gasteiger partial charge in [0.2, 0.25) is 10.0 Å². The summed E-state index contributed by atoms with van der Waals surface area (Å²) in [6.07, 6.45) is 1.75. The maximum Gasteiger partial charge on any atom is 0.208 e. The van der Waals surface area contributed by atoms with Crippen LogP contribution in [0.1, 0.15) is 13.3 Å². The summed E-state index contributed by atoms with van der Waals surface area (Å²) in [5, 5.41) is 8.49. The minimum Gasteiger partial charge on any atom is -0.396 e. The molecule has 0 aromatic carbocycles. The van der Waals surface area contributed by atoms with Gasteiger partial charge in [0.25, 0.3) is 0 Å². The van der Waals surface area contributed by atoms with Gasteiger partial charge in [-0.15, -0.1) is 0 Å². The van der Waals surface area contributed by atoms with E-state index in [1.54, 1.807) is 0 Å². The molecule has 0 saturated carbocycles. The Hall–Kier alpha value is -0.130. The van der Waals surface area contributed by atoms with Crippen LogP contribution in [-0.4, -0.2) is 32.9 Å². The molecule has 0 aliphatic carbocycles. The highest BCUT2D eigenvalue weighted by Crippen LogP contribution is 1.98. The Morgan fingerprint density at radius 1 is 1.55 bits per heavy atom. The van der Waals surface area contributed by atoms with Crippen molar-refractivity contribution in [2.45, 2.75) is 13.3 Å². The van der Waals surface area contributed by atoms with E-state index in [0.717, 1.165) is 6.26 Å². The standard InChI is InChI=1S/C6H15NO3S/c1-6(3-4-8)5-7-11(2,9)10/h6-8H,3-5H2,1-2H3. The predicted molar refractivity (Wildman–Crippen MR) is 43.7 cm³/mol. The van der Waals surface area contributed by atoms with Crippen LogP contribution in [0.2, 0.25) is 0 Å². The quantitative estimate of drug-likeness (QED) is 0.604. The first-order valence-electron chi connectivity index (χ1n) is 3.51. The van der Waals surface area contributed by atoms with Crippen LogP contribution in [0.3, 0.4) is 0 Å². The van der Waals surface area contributed by atoms with Crippen molar-refractivity contribution in [1.82, 2.24) is 4.72 Å². The largest absolute Gasteiger partial charge is 0.396 e. The van der Waals surface area contributed by atoms with Gasteiger partial charge in [0, 0.05) is 13.2 Å². The van der Waals surface area contributed by atoms with E-state index < -0.39 is 10.0 Å². The molecule has 1 unspecified atom stereocenters. The molecular formula is C6H15NO3S. The SMILES string of the molecule is CC(CCO)CNS(C)(=O)=O. The molecule has 0 bridgehead atoms. The lowest BCUT2D eigenvalue weighted by Crippen LogP contribution is -2.27. The van der Waals surface area contributed by atoms with E-state index >= 15 is 0 Å². The minimum absolute atomic E-state index is 0.104. The fourth-order valence-corrected chi connectivity index (χ4v) is 1.20. The van der Waals surface area contributed by atoms with Gasteiger partial charge in [-0.05, 0) is 12.3 Å². The van der Waals surface area contributed by atoms with Crippen molar-refractivity contribution >= 4 is 10.0 Å². The molecule has 0 saturated heterocycles. The molecule has 0 aromatic rings. The molecule has 0 rings (SSSR count). The molecule has 5 heteroatoms. The Bertz CT molecular complexity index is 188. The molecule has 0 aromatic heterocycles. The van der Waals surface area contributed by atoms with Crippen LogP contribution in [0.25, 0.3) is 0 Å². The van der Waals surface area contributed by atoms with Crippen LogP contribution < -0.4 is 4.72 Å². The predicted octanol–water partition coefficient (Wildman–Crippen LogP) is -0.446. The van der Waals surface area contributed by atoms with E-state index in [1.807, 2.05) is 6.92 Å². The smallest absolute Gasteiger partial charge is 0.208 e. The summed E-state index contributed by atoms with van der Waals surface area (Å²) in [5.74, 6) is 0.190.